The van der Waals surface area contributed by atoms with Crippen LogP contribution in [0.25, 0.3) is 0 Å². The van der Waals surface area contributed by atoms with E-state index in [1.807, 2.05) is 0 Å². The van der Waals surface area contributed by atoms with Crippen molar-refractivity contribution >= 4 is 21.6 Å². The van der Waals surface area contributed by atoms with Crippen LogP contribution in [0, 0.1) is 5.92 Å². The van der Waals surface area contributed by atoms with Gasteiger partial charge in [0.2, 0.25) is 0 Å². The zero-order chi connectivity index (χ0) is 13.1. The van der Waals surface area contributed by atoms with Gasteiger partial charge in [0.15, 0.2) is 0 Å². The van der Waals surface area contributed by atoms with Gasteiger partial charge in [0.1, 0.15) is 0 Å². The van der Waals surface area contributed by atoms with Gasteiger partial charge in [-0.15, -0.1) is 0 Å². The van der Waals surface area contributed by atoms with Crippen molar-refractivity contribution < 1.29 is 4.74 Å². The monoisotopic (exact) mass is 312 g/mol. The van der Waals surface area contributed by atoms with Crippen molar-refractivity contribution in [3.8, 4) is 0 Å². The summed E-state index contributed by atoms with van der Waals surface area (Å²) in [4.78, 5) is 2.39. The Labute approximate surface area is 117 Å². The molecule has 1 saturated heterocycles. The van der Waals surface area contributed by atoms with E-state index in [0.29, 0.717) is 18.6 Å². The molecule has 1 aliphatic heterocycles. The van der Waals surface area contributed by atoms with Crippen molar-refractivity contribution in [2.75, 3.05) is 25.1 Å². The number of hydrogen-bond acceptors (Lipinski definition) is 3. The number of methoxy groups -OCH3 is 1. The largest absolute Gasteiger partial charge is 0.379 e. The van der Waals surface area contributed by atoms with Crippen molar-refractivity contribution in [1.29, 1.82) is 0 Å². The molecule has 2 atom stereocenters. The molecule has 2 unspecified atom stereocenters. The van der Waals surface area contributed by atoms with Gasteiger partial charge in [0.25, 0.3) is 0 Å². The molecule has 0 spiro atoms. The summed E-state index contributed by atoms with van der Waals surface area (Å²) in [7, 11) is 1.80. The number of ether oxygens (including phenoxy) is 1. The third kappa shape index (κ3) is 2.87. The summed E-state index contributed by atoms with van der Waals surface area (Å²) in [5, 5.41) is 0. The number of benzene rings is 1. The first kappa shape index (κ1) is 13.8. The Morgan fingerprint density at radius 1 is 1.50 bits per heavy atom. The van der Waals surface area contributed by atoms with E-state index < -0.39 is 0 Å². The molecule has 0 saturated carbocycles. The van der Waals surface area contributed by atoms with Gasteiger partial charge in [-0.05, 0) is 36.1 Å². The minimum atomic E-state index is 0.313. The van der Waals surface area contributed by atoms with Crippen LogP contribution in [-0.2, 0) is 11.3 Å². The number of rotatable bonds is 3. The second-order valence-corrected chi connectivity index (χ2v) is 5.88. The maximum absolute atomic E-state index is 5.84. The number of halogens is 1. The van der Waals surface area contributed by atoms with Crippen molar-refractivity contribution in [3.05, 3.63) is 28.2 Å². The Morgan fingerprint density at radius 3 is 2.94 bits per heavy atom. The van der Waals surface area contributed by atoms with Crippen LogP contribution in [0.3, 0.4) is 0 Å². The first-order valence-corrected chi connectivity index (χ1v) is 7.21. The molecule has 1 aromatic rings. The molecule has 0 aliphatic carbocycles. The van der Waals surface area contributed by atoms with E-state index in [1.54, 1.807) is 7.11 Å². The zero-order valence-corrected chi connectivity index (χ0v) is 12.6. The van der Waals surface area contributed by atoms with E-state index in [9.17, 15) is 0 Å². The molecular formula is C14H21BrN2O. The van der Waals surface area contributed by atoms with E-state index in [1.165, 1.54) is 17.7 Å². The van der Waals surface area contributed by atoms with E-state index in [4.69, 9.17) is 10.5 Å². The third-order valence-electron chi connectivity index (χ3n) is 3.79. The van der Waals surface area contributed by atoms with Crippen molar-refractivity contribution in [2.24, 2.45) is 11.7 Å². The molecule has 2 rings (SSSR count). The molecule has 0 amide bonds. The van der Waals surface area contributed by atoms with Crippen LogP contribution < -0.4 is 10.6 Å². The summed E-state index contributed by atoms with van der Waals surface area (Å²) in [6, 6.07) is 6.33. The van der Waals surface area contributed by atoms with E-state index >= 15 is 0 Å². The predicted octanol–water partition coefficient (Wildman–Crippen LogP) is 2.77. The molecule has 2 N–H and O–H groups in total. The number of piperidine rings is 1. The molecular weight excluding hydrogens is 292 g/mol. The van der Waals surface area contributed by atoms with Crippen molar-refractivity contribution in [1.82, 2.24) is 0 Å². The summed E-state index contributed by atoms with van der Waals surface area (Å²) >= 11 is 3.50. The third-order valence-corrected chi connectivity index (χ3v) is 4.29. The van der Waals surface area contributed by atoms with Crippen molar-refractivity contribution in [2.45, 2.75) is 26.0 Å². The lowest BCUT2D eigenvalue weighted by Crippen LogP contribution is -2.44. The summed E-state index contributed by atoms with van der Waals surface area (Å²) in [5.74, 6) is 0.628. The Morgan fingerprint density at radius 2 is 2.28 bits per heavy atom. The van der Waals surface area contributed by atoms with Gasteiger partial charge < -0.3 is 15.4 Å². The Balaban J connectivity index is 2.21. The van der Waals surface area contributed by atoms with E-state index in [2.05, 4.69) is 46.0 Å². The van der Waals surface area contributed by atoms with Gasteiger partial charge in [-0.2, -0.15) is 0 Å². The maximum atomic E-state index is 5.84. The van der Waals surface area contributed by atoms with E-state index in [0.717, 1.165) is 17.6 Å². The first-order chi connectivity index (χ1) is 8.65. The molecule has 100 valence electrons. The average Bonchev–Trinajstić information content (AvgIpc) is 2.39. The van der Waals surface area contributed by atoms with Crippen LogP contribution in [0.1, 0.15) is 18.9 Å². The lowest BCUT2D eigenvalue weighted by Gasteiger charge is -2.38. The van der Waals surface area contributed by atoms with Crippen LogP contribution in [0.4, 0.5) is 5.69 Å². The lowest BCUT2D eigenvalue weighted by molar-refractivity contribution is 0.0498. The highest BCUT2D eigenvalue weighted by Crippen LogP contribution is 2.29. The van der Waals surface area contributed by atoms with Crippen molar-refractivity contribution in [3.63, 3.8) is 0 Å². The molecule has 0 bridgehead atoms. The molecule has 1 aromatic carbocycles. The fraction of sp³-hybridized carbons (Fsp3) is 0.571. The summed E-state index contributed by atoms with van der Waals surface area (Å²) < 4.78 is 6.65. The SMILES string of the molecule is COC1CN(c2ccc(Br)cc2CN)CCC1C. The fourth-order valence-electron chi connectivity index (χ4n) is 2.59. The molecule has 0 radical (unpaired) electrons. The molecule has 4 heteroatoms. The second-order valence-electron chi connectivity index (χ2n) is 4.96. The average molecular weight is 313 g/mol. The quantitative estimate of drug-likeness (QED) is 0.932. The number of anilines is 1. The summed E-state index contributed by atoms with van der Waals surface area (Å²) in [6.07, 6.45) is 1.48. The minimum Gasteiger partial charge on any atom is -0.379 e. The van der Waals surface area contributed by atoms with Gasteiger partial charge in [-0.1, -0.05) is 22.9 Å². The molecule has 1 fully saturated rings. The maximum Gasteiger partial charge on any atom is 0.0772 e. The molecule has 0 aromatic heterocycles. The first-order valence-electron chi connectivity index (χ1n) is 6.42. The molecule has 18 heavy (non-hydrogen) atoms. The highest BCUT2D eigenvalue weighted by atomic mass is 79.9. The standard InChI is InChI=1S/C14H21BrN2O/c1-10-5-6-17(9-14(10)18-2)13-4-3-12(15)7-11(13)8-16/h3-4,7,10,14H,5-6,8-9,16H2,1-2H3. The molecule has 3 nitrogen and oxygen atoms in total. The highest BCUT2D eigenvalue weighted by molar-refractivity contribution is 9.10. The van der Waals surface area contributed by atoms with Gasteiger partial charge in [0.05, 0.1) is 6.10 Å². The van der Waals surface area contributed by atoms with Crippen LogP contribution in [0.5, 0.6) is 0 Å². The van der Waals surface area contributed by atoms with E-state index in [-0.39, 0.29) is 0 Å². The fourth-order valence-corrected chi connectivity index (χ4v) is 2.99. The number of hydrogen-bond donors (Lipinski definition) is 1. The Kier molecular flexibility index (Phi) is 4.65. The summed E-state index contributed by atoms with van der Waals surface area (Å²) in [6.45, 7) is 4.86. The van der Waals surface area contributed by atoms with Gasteiger partial charge in [0, 0.05) is 36.9 Å². The summed E-state index contributed by atoms with van der Waals surface area (Å²) in [5.41, 5.74) is 8.28. The van der Waals surface area contributed by atoms with Gasteiger partial charge >= 0.3 is 0 Å². The van der Waals surface area contributed by atoms with Gasteiger partial charge in [-0.3, -0.25) is 0 Å². The lowest BCUT2D eigenvalue weighted by atomic mass is 9.95. The predicted molar refractivity (Wildman–Crippen MR) is 78.8 cm³/mol. The number of nitrogens with two attached hydrogens (primary N) is 1. The van der Waals surface area contributed by atoms with Crippen LogP contribution in [-0.4, -0.2) is 26.3 Å². The zero-order valence-electron chi connectivity index (χ0n) is 11.0. The Hall–Kier alpha value is -0.580. The Bertz CT molecular complexity index is 411. The van der Waals surface area contributed by atoms with Gasteiger partial charge in [-0.25, -0.2) is 0 Å². The smallest absolute Gasteiger partial charge is 0.0772 e. The topological polar surface area (TPSA) is 38.5 Å². The second kappa shape index (κ2) is 6.04. The molecule has 1 heterocycles. The normalized spacial score (nSPS) is 24.3. The minimum absolute atomic E-state index is 0.313. The van der Waals surface area contributed by atoms with Crippen LogP contribution in [0.2, 0.25) is 0 Å². The highest BCUT2D eigenvalue weighted by Gasteiger charge is 2.26. The van der Waals surface area contributed by atoms with Crippen LogP contribution >= 0.6 is 15.9 Å². The number of nitrogens with zero attached hydrogens (tertiary/aromatic N) is 1. The molecule has 1 aliphatic rings. The van der Waals surface area contributed by atoms with Crippen LogP contribution in [0.15, 0.2) is 22.7 Å².